The highest BCUT2D eigenvalue weighted by Gasteiger charge is 2.25. The number of hydrogen-bond acceptors (Lipinski definition) is 3. The van der Waals surface area contributed by atoms with E-state index in [4.69, 9.17) is 5.73 Å². The zero-order valence-electron chi connectivity index (χ0n) is 14.8. The van der Waals surface area contributed by atoms with Gasteiger partial charge in [-0.3, -0.25) is 9.59 Å². The minimum Gasteiger partial charge on any atom is -0.332 e. The van der Waals surface area contributed by atoms with Crippen LogP contribution in [-0.4, -0.2) is 35.8 Å². The Labute approximate surface area is 139 Å². The summed E-state index contributed by atoms with van der Waals surface area (Å²) in [5.74, 6) is -0.273. The molecule has 0 aliphatic carbocycles. The van der Waals surface area contributed by atoms with E-state index in [9.17, 15) is 9.59 Å². The number of anilines is 1. The van der Waals surface area contributed by atoms with E-state index >= 15 is 0 Å². The van der Waals surface area contributed by atoms with E-state index in [1.165, 1.54) is 4.90 Å². The SMILES string of the molecule is CCC(C)C(N)C(=O)N(CC)CC(=O)Nc1c(C)cccc1C. The lowest BCUT2D eigenvalue weighted by Crippen LogP contribution is -2.49. The maximum atomic E-state index is 12.4. The highest BCUT2D eigenvalue weighted by molar-refractivity contribution is 5.96. The second kappa shape index (κ2) is 8.67. The molecule has 2 atom stereocenters. The number of amides is 2. The van der Waals surface area contributed by atoms with Gasteiger partial charge in [0.2, 0.25) is 11.8 Å². The summed E-state index contributed by atoms with van der Waals surface area (Å²) in [5, 5.41) is 2.91. The summed E-state index contributed by atoms with van der Waals surface area (Å²) in [7, 11) is 0. The Bertz CT molecular complexity index is 537. The molecule has 0 fully saturated rings. The van der Waals surface area contributed by atoms with Crippen LogP contribution in [0.1, 0.15) is 38.3 Å². The second-order valence-electron chi connectivity index (χ2n) is 6.08. The molecule has 1 rings (SSSR count). The number of nitrogens with one attached hydrogen (secondary N) is 1. The summed E-state index contributed by atoms with van der Waals surface area (Å²) < 4.78 is 0. The maximum absolute atomic E-state index is 12.4. The van der Waals surface area contributed by atoms with E-state index in [2.05, 4.69) is 5.32 Å². The fourth-order valence-corrected chi connectivity index (χ4v) is 2.42. The van der Waals surface area contributed by atoms with Gasteiger partial charge in [0.25, 0.3) is 0 Å². The molecule has 0 heterocycles. The fraction of sp³-hybridized carbons (Fsp3) is 0.556. The molecule has 0 aliphatic rings. The smallest absolute Gasteiger partial charge is 0.244 e. The van der Waals surface area contributed by atoms with Gasteiger partial charge in [-0.1, -0.05) is 38.5 Å². The predicted molar refractivity (Wildman–Crippen MR) is 94.2 cm³/mol. The number of benzene rings is 1. The van der Waals surface area contributed by atoms with Crippen molar-refractivity contribution < 1.29 is 9.59 Å². The highest BCUT2D eigenvalue weighted by Crippen LogP contribution is 2.19. The lowest BCUT2D eigenvalue weighted by Gasteiger charge is -2.26. The molecule has 0 spiro atoms. The number of aryl methyl sites for hydroxylation is 2. The molecule has 128 valence electrons. The van der Waals surface area contributed by atoms with Crippen LogP contribution in [0.25, 0.3) is 0 Å². The molecule has 2 amide bonds. The van der Waals surface area contributed by atoms with Crippen LogP contribution in [0, 0.1) is 19.8 Å². The van der Waals surface area contributed by atoms with Gasteiger partial charge in [0.1, 0.15) is 0 Å². The summed E-state index contributed by atoms with van der Waals surface area (Å²) in [6, 6.07) is 5.29. The van der Waals surface area contributed by atoms with E-state index in [0.717, 1.165) is 23.2 Å². The standard InChI is InChI=1S/C18H29N3O2/c1-6-12(3)16(19)18(23)21(7-2)11-15(22)20-17-13(4)9-8-10-14(17)5/h8-10,12,16H,6-7,11,19H2,1-5H3,(H,20,22). The van der Waals surface area contributed by atoms with Crippen LogP contribution >= 0.6 is 0 Å². The third-order valence-electron chi connectivity index (χ3n) is 4.32. The Morgan fingerprint density at radius 2 is 1.78 bits per heavy atom. The van der Waals surface area contributed by atoms with Crippen LogP contribution in [0.5, 0.6) is 0 Å². The number of carbonyl (C=O) groups excluding carboxylic acids is 2. The van der Waals surface area contributed by atoms with Gasteiger partial charge in [0, 0.05) is 12.2 Å². The molecule has 5 heteroatoms. The number of carbonyl (C=O) groups is 2. The minimum atomic E-state index is -0.562. The predicted octanol–water partition coefficient (Wildman–Crippen LogP) is 2.46. The number of likely N-dealkylation sites (N-methyl/N-ethyl adjacent to an activating group) is 1. The Kier molecular flexibility index (Phi) is 7.23. The summed E-state index contributed by atoms with van der Waals surface area (Å²) >= 11 is 0. The van der Waals surface area contributed by atoms with Crippen molar-refractivity contribution in [3.8, 4) is 0 Å². The third-order valence-corrected chi connectivity index (χ3v) is 4.32. The normalized spacial score (nSPS) is 13.3. The number of rotatable bonds is 7. The van der Waals surface area contributed by atoms with E-state index in [-0.39, 0.29) is 24.3 Å². The summed E-state index contributed by atoms with van der Waals surface area (Å²) in [6.07, 6.45) is 0.832. The second-order valence-corrected chi connectivity index (χ2v) is 6.08. The van der Waals surface area contributed by atoms with E-state index in [1.807, 2.05) is 52.8 Å². The number of nitrogens with two attached hydrogens (primary N) is 1. The van der Waals surface area contributed by atoms with E-state index < -0.39 is 6.04 Å². The highest BCUT2D eigenvalue weighted by atomic mass is 16.2. The largest absolute Gasteiger partial charge is 0.332 e. The van der Waals surface area contributed by atoms with Gasteiger partial charge in [-0.2, -0.15) is 0 Å². The summed E-state index contributed by atoms with van der Waals surface area (Å²) in [4.78, 5) is 26.2. The Hall–Kier alpha value is -1.88. The van der Waals surface area contributed by atoms with Crippen molar-refractivity contribution in [1.82, 2.24) is 4.90 Å². The van der Waals surface area contributed by atoms with Crippen molar-refractivity contribution in [1.29, 1.82) is 0 Å². The zero-order chi connectivity index (χ0) is 17.6. The molecule has 0 radical (unpaired) electrons. The van der Waals surface area contributed by atoms with Crippen LogP contribution in [0.2, 0.25) is 0 Å². The van der Waals surface area contributed by atoms with E-state index in [1.54, 1.807) is 0 Å². The molecule has 0 aliphatic heterocycles. The molecule has 0 saturated carbocycles. The van der Waals surface area contributed by atoms with Crippen LogP contribution in [0.4, 0.5) is 5.69 Å². The molecular formula is C18H29N3O2. The van der Waals surface area contributed by atoms with Crippen molar-refractivity contribution in [2.24, 2.45) is 11.7 Å². The molecule has 0 saturated heterocycles. The zero-order valence-corrected chi connectivity index (χ0v) is 14.8. The van der Waals surface area contributed by atoms with Gasteiger partial charge < -0.3 is 16.0 Å². The molecule has 3 N–H and O–H groups in total. The minimum absolute atomic E-state index is 0.0211. The molecule has 23 heavy (non-hydrogen) atoms. The van der Waals surface area contributed by atoms with Gasteiger partial charge in [-0.15, -0.1) is 0 Å². The fourth-order valence-electron chi connectivity index (χ4n) is 2.42. The molecule has 1 aromatic carbocycles. The first kappa shape index (κ1) is 19.2. The molecular weight excluding hydrogens is 290 g/mol. The first-order valence-corrected chi connectivity index (χ1v) is 8.22. The Morgan fingerprint density at radius 3 is 2.26 bits per heavy atom. The van der Waals surface area contributed by atoms with Crippen LogP contribution < -0.4 is 11.1 Å². The summed E-state index contributed by atoms with van der Waals surface area (Å²) in [6.45, 7) is 10.2. The van der Waals surface area contributed by atoms with Crippen molar-refractivity contribution in [3.63, 3.8) is 0 Å². The van der Waals surface area contributed by atoms with Crippen molar-refractivity contribution in [3.05, 3.63) is 29.3 Å². The molecule has 1 aromatic rings. The molecule has 5 nitrogen and oxygen atoms in total. The Morgan fingerprint density at radius 1 is 1.22 bits per heavy atom. The molecule has 0 bridgehead atoms. The van der Waals surface area contributed by atoms with Crippen molar-refractivity contribution >= 4 is 17.5 Å². The number of hydrogen-bond donors (Lipinski definition) is 2. The van der Waals surface area contributed by atoms with Gasteiger partial charge in [0.15, 0.2) is 0 Å². The third kappa shape index (κ3) is 5.06. The van der Waals surface area contributed by atoms with Crippen LogP contribution in [-0.2, 0) is 9.59 Å². The van der Waals surface area contributed by atoms with Crippen molar-refractivity contribution in [2.75, 3.05) is 18.4 Å². The van der Waals surface area contributed by atoms with Gasteiger partial charge in [-0.05, 0) is 37.8 Å². The quantitative estimate of drug-likeness (QED) is 0.810. The molecule has 2 unspecified atom stereocenters. The maximum Gasteiger partial charge on any atom is 0.244 e. The van der Waals surface area contributed by atoms with Gasteiger partial charge in [-0.25, -0.2) is 0 Å². The monoisotopic (exact) mass is 319 g/mol. The summed E-state index contributed by atoms with van der Waals surface area (Å²) in [5.41, 5.74) is 8.82. The lowest BCUT2D eigenvalue weighted by molar-refractivity contribution is -0.136. The van der Waals surface area contributed by atoms with Gasteiger partial charge >= 0.3 is 0 Å². The first-order chi connectivity index (χ1) is 10.8. The lowest BCUT2D eigenvalue weighted by atomic mass is 9.99. The van der Waals surface area contributed by atoms with E-state index in [0.29, 0.717) is 6.54 Å². The van der Waals surface area contributed by atoms with Crippen molar-refractivity contribution in [2.45, 2.75) is 47.1 Å². The average Bonchev–Trinajstić information content (AvgIpc) is 2.54. The first-order valence-electron chi connectivity index (χ1n) is 8.22. The number of nitrogens with zero attached hydrogens (tertiary/aromatic N) is 1. The Balaban J connectivity index is 2.76. The topological polar surface area (TPSA) is 75.4 Å². The van der Waals surface area contributed by atoms with Crippen LogP contribution in [0.3, 0.4) is 0 Å². The molecule has 0 aromatic heterocycles. The van der Waals surface area contributed by atoms with Gasteiger partial charge in [0.05, 0.1) is 12.6 Å². The number of para-hydroxylation sites is 1. The average molecular weight is 319 g/mol. The van der Waals surface area contributed by atoms with Crippen LogP contribution in [0.15, 0.2) is 18.2 Å².